The average molecular weight is 202 g/mol. The summed E-state index contributed by atoms with van der Waals surface area (Å²) in [5.74, 6) is 0. The molecule has 0 aromatic carbocycles. The zero-order chi connectivity index (χ0) is 10.6. The van der Waals surface area contributed by atoms with Gasteiger partial charge in [-0.05, 0) is 0 Å². The van der Waals surface area contributed by atoms with Gasteiger partial charge in [0.2, 0.25) is 0 Å². The zero-order valence-corrected chi connectivity index (χ0v) is 8.36. The number of hydrogen-bond donors (Lipinski definition) is 0. The fourth-order valence-electron chi connectivity index (χ4n) is 0.943. The summed E-state index contributed by atoms with van der Waals surface area (Å²) < 4.78 is 9.10. The maximum absolute atomic E-state index is 10.3. The number of carbonyl (C=O) groups is 2. The summed E-state index contributed by atoms with van der Waals surface area (Å²) in [5.41, 5.74) is 0. The smallest absolute Gasteiger partial charge is 0.409 e. The van der Waals surface area contributed by atoms with Crippen molar-refractivity contribution >= 4 is 12.2 Å². The number of nitrogens with zero attached hydrogens (tertiary/aromatic N) is 2. The first kappa shape index (κ1) is 10.6. The average Bonchev–Trinajstić information content (AvgIpc) is 2.67. The minimum absolute atomic E-state index is 0.208. The number of hydrogen-bond acceptors (Lipinski definition) is 4. The van der Waals surface area contributed by atoms with E-state index in [2.05, 4.69) is 9.47 Å². The van der Waals surface area contributed by atoms with Crippen LogP contribution in [0.25, 0.3) is 0 Å². The Kier molecular flexibility index (Phi) is 3.55. The maximum Gasteiger partial charge on any atom is 0.409 e. The van der Waals surface area contributed by atoms with Gasteiger partial charge in [-0.1, -0.05) is 0 Å². The van der Waals surface area contributed by atoms with Crippen LogP contribution in [-0.2, 0) is 9.47 Å². The number of ether oxygens (including phenoxy) is 2. The van der Waals surface area contributed by atoms with E-state index in [-0.39, 0.29) is 12.2 Å². The quantitative estimate of drug-likeness (QED) is 0.560. The summed E-state index contributed by atoms with van der Waals surface area (Å²) in [6.07, 6.45) is -0.417. The third-order valence-corrected chi connectivity index (χ3v) is 1.93. The van der Waals surface area contributed by atoms with Crippen LogP contribution in [0, 0.1) is 0 Å². The van der Waals surface area contributed by atoms with E-state index in [0.717, 1.165) is 13.1 Å². The second kappa shape index (κ2) is 4.69. The molecule has 0 unspecified atom stereocenters. The fourth-order valence-corrected chi connectivity index (χ4v) is 0.943. The van der Waals surface area contributed by atoms with Crippen LogP contribution in [0.1, 0.15) is 0 Å². The summed E-state index contributed by atoms with van der Waals surface area (Å²) in [6.45, 7) is 2.57. The van der Waals surface area contributed by atoms with E-state index in [1.54, 1.807) is 23.9 Å². The summed E-state index contributed by atoms with van der Waals surface area (Å²) in [6, 6.07) is 0. The summed E-state index contributed by atoms with van der Waals surface area (Å²) in [4.78, 5) is 23.6. The van der Waals surface area contributed by atoms with Crippen molar-refractivity contribution in [2.24, 2.45) is 0 Å². The fraction of sp³-hybridized carbons (Fsp3) is 0.750. The summed E-state index contributed by atoms with van der Waals surface area (Å²) in [5, 5.41) is 0. The highest BCUT2D eigenvalue weighted by atomic mass is 16.6. The first-order valence-corrected chi connectivity index (χ1v) is 4.37. The minimum Gasteiger partial charge on any atom is -0.448 e. The van der Waals surface area contributed by atoms with E-state index >= 15 is 0 Å². The van der Waals surface area contributed by atoms with E-state index in [9.17, 15) is 9.59 Å². The Morgan fingerprint density at radius 2 is 1.29 bits per heavy atom. The minimum atomic E-state index is -0.208. The molecule has 2 aliphatic rings. The molecule has 2 fully saturated rings. The Labute approximate surface area is 82.4 Å². The lowest BCUT2D eigenvalue weighted by molar-refractivity contribution is 0.162. The topological polar surface area (TPSA) is 59.1 Å². The van der Waals surface area contributed by atoms with E-state index in [0.29, 0.717) is 13.2 Å². The van der Waals surface area contributed by atoms with Crippen LogP contribution in [0.2, 0.25) is 0 Å². The number of rotatable bonds is 0. The van der Waals surface area contributed by atoms with Crippen LogP contribution in [0.4, 0.5) is 9.59 Å². The third-order valence-electron chi connectivity index (χ3n) is 1.93. The van der Waals surface area contributed by atoms with Crippen LogP contribution in [0.5, 0.6) is 0 Å². The first-order valence-electron chi connectivity index (χ1n) is 4.37. The van der Waals surface area contributed by atoms with Gasteiger partial charge in [0.1, 0.15) is 13.2 Å². The largest absolute Gasteiger partial charge is 0.448 e. The van der Waals surface area contributed by atoms with Gasteiger partial charge in [0.25, 0.3) is 0 Å². The predicted molar refractivity (Wildman–Crippen MR) is 48.0 cm³/mol. The molecule has 0 bridgehead atoms. The van der Waals surface area contributed by atoms with Crippen molar-refractivity contribution in [3.63, 3.8) is 0 Å². The Bertz CT molecular complexity index is 207. The third kappa shape index (κ3) is 2.79. The second-order valence-electron chi connectivity index (χ2n) is 3.07. The molecule has 2 saturated heterocycles. The normalized spacial score (nSPS) is 20.1. The monoisotopic (exact) mass is 202 g/mol. The number of cyclic esters (lactones) is 2. The Hall–Kier alpha value is -1.46. The molecule has 80 valence electrons. The highest BCUT2D eigenvalue weighted by molar-refractivity contribution is 5.69. The molecular formula is C8H14N2O4. The van der Waals surface area contributed by atoms with Gasteiger partial charge in [0, 0.05) is 14.1 Å². The van der Waals surface area contributed by atoms with Gasteiger partial charge in [-0.2, -0.15) is 0 Å². The number of likely N-dealkylation sites (N-methyl/N-ethyl adjacent to an activating group) is 2. The number of carbonyl (C=O) groups excluding carboxylic acids is 2. The molecule has 2 aliphatic heterocycles. The number of amides is 2. The van der Waals surface area contributed by atoms with Crippen molar-refractivity contribution in [2.75, 3.05) is 40.4 Å². The highest BCUT2D eigenvalue weighted by Crippen LogP contribution is 1.97. The summed E-state index contributed by atoms with van der Waals surface area (Å²) >= 11 is 0. The molecule has 0 saturated carbocycles. The Morgan fingerprint density at radius 1 is 0.929 bits per heavy atom. The van der Waals surface area contributed by atoms with Gasteiger partial charge >= 0.3 is 12.2 Å². The van der Waals surface area contributed by atoms with Gasteiger partial charge in [-0.3, -0.25) is 0 Å². The molecule has 0 spiro atoms. The van der Waals surface area contributed by atoms with Crippen LogP contribution in [-0.4, -0.2) is 62.4 Å². The molecule has 2 heterocycles. The van der Waals surface area contributed by atoms with Crippen LogP contribution >= 0.6 is 0 Å². The first-order chi connectivity index (χ1) is 6.61. The molecule has 0 aromatic heterocycles. The van der Waals surface area contributed by atoms with Gasteiger partial charge in [0.05, 0.1) is 13.1 Å². The highest BCUT2D eigenvalue weighted by Gasteiger charge is 2.16. The van der Waals surface area contributed by atoms with E-state index < -0.39 is 0 Å². The summed E-state index contributed by atoms with van der Waals surface area (Å²) in [7, 11) is 3.44. The maximum atomic E-state index is 10.3. The molecule has 6 heteroatoms. The van der Waals surface area contributed by atoms with E-state index in [1.165, 1.54) is 0 Å². The van der Waals surface area contributed by atoms with Crippen molar-refractivity contribution < 1.29 is 19.1 Å². The van der Waals surface area contributed by atoms with Crippen molar-refractivity contribution in [1.82, 2.24) is 9.80 Å². The van der Waals surface area contributed by atoms with Crippen molar-refractivity contribution in [3.8, 4) is 0 Å². The zero-order valence-electron chi connectivity index (χ0n) is 8.36. The van der Waals surface area contributed by atoms with Crippen LogP contribution < -0.4 is 0 Å². The van der Waals surface area contributed by atoms with Crippen molar-refractivity contribution in [3.05, 3.63) is 0 Å². The molecule has 0 aromatic rings. The molecule has 6 nitrogen and oxygen atoms in total. The van der Waals surface area contributed by atoms with Gasteiger partial charge in [-0.15, -0.1) is 0 Å². The molecular weight excluding hydrogens is 188 g/mol. The molecule has 0 atom stereocenters. The molecule has 0 N–H and O–H groups in total. The lowest BCUT2D eigenvalue weighted by atomic mass is 10.7. The molecule has 14 heavy (non-hydrogen) atoms. The standard InChI is InChI=1S/2C4H7NO2/c2*1-5-2-3-7-4(5)6/h2*2-3H2,1H3. The van der Waals surface area contributed by atoms with Crippen LogP contribution in [0.15, 0.2) is 0 Å². The van der Waals surface area contributed by atoms with Crippen molar-refractivity contribution in [2.45, 2.75) is 0 Å². The molecule has 2 rings (SSSR count). The van der Waals surface area contributed by atoms with E-state index in [1.807, 2.05) is 0 Å². The molecule has 0 aliphatic carbocycles. The molecule has 0 radical (unpaired) electrons. The van der Waals surface area contributed by atoms with E-state index in [4.69, 9.17) is 0 Å². The lowest BCUT2D eigenvalue weighted by Gasteiger charge is -1.98. The van der Waals surface area contributed by atoms with Crippen molar-refractivity contribution in [1.29, 1.82) is 0 Å². The van der Waals surface area contributed by atoms with Gasteiger partial charge in [0.15, 0.2) is 0 Å². The predicted octanol–water partition coefficient (Wildman–Crippen LogP) is 0.137. The van der Waals surface area contributed by atoms with Crippen LogP contribution in [0.3, 0.4) is 0 Å². The molecule has 2 amide bonds. The Morgan fingerprint density at radius 3 is 1.36 bits per heavy atom. The van der Waals surface area contributed by atoms with Gasteiger partial charge in [-0.25, -0.2) is 9.59 Å². The van der Waals surface area contributed by atoms with Gasteiger partial charge < -0.3 is 19.3 Å². The second-order valence-corrected chi connectivity index (χ2v) is 3.07. The lowest BCUT2D eigenvalue weighted by Crippen LogP contribution is -2.17. The Balaban J connectivity index is 0.000000140. The SMILES string of the molecule is CN1CCOC1=O.CN1CCOC1=O.